The second-order valence-electron chi connectivity index (χ2n) is 8.53. The molecule has 0 spiro atoms. The predicted molar refractivity (Wildman–Crippen MR) is 148 cm³/mol. The van der Waals surface area contributed by atoms with Crippen molar-refractivity contribution in [3.05, 3.63) is 120 Å². The van der Waals surface area contributed by atoms with Gasteiger partial charge in [-0.1, -0.05) is 90.5 Å². The van der Waals surface area contributed by atoms with E-state index < -0.39 is 5.97 Å². The van der Waals surface area contributed by atoms with Crippen molar-refractivity contribution in [3.63, 3.8) is 0 Å². The minimum Gasteiger partial charge on any atom is -0.465 e. The van der Waals surface area contributed by atoms with Crippen molar-refractivity contribution in [1.82, 2.24) is 10.2 Å². The Morgan fingerprint density at radius 2 is 1.24 bits per heavy atom. The van der Waals surface area contributed by atoms with Gasteiger partial charge in [0.05, 0.1) is 18.5 Å². The lowest BCUT2D eigenvalue weighted by molar-refractivity contribution is 0.0602. The fourth-order valence-corrected chi connectivity index (χ4v) is 4.13. The normalized spacial score (nSPS) is 10.5. The Labute approximate surface area is 216 Å². The van der Waals surface area contributed by atoms with E-state index in [1.807, 2.05) is 109 Å². The number of hydrogen-bond donors (Lipinski definition) is 2. The van der Waals surface area contributed by atoms with Crippen LogP contribution in [0.25, 0.3) is 22.4 Å². The number of hydrogen-bond acceptors (Lipinski definition) is 6. The Hall–Kier alpha value is -4.97. The zero-order valence-electron chi connectivity index (χ0n) is 20.6. The van der Waals surface area contributed by atoms with Crippen molar-refractivity contribution in [3.8, 4) is 22.4 Å². The van der Waals surface area contributed by atoms with Gasteiger partial charge in [-0.15, -0.1) is 10.2 Å². The quantitative estimate of drug-likeness (QED) is 0.234. The molecule has 0 aliphatic heterocycles. The summed E-state index contributed by atoms with van der Waals surface area (Å²) in [5, 5.41) is 15.8. The molecule has 5 rings (SSSR count). The monoisotopic (exact) mass is 486 g/mol. The number of rotatable bonds is 7. The summed E-state index contributed by atoms with van der Waals surface area (Å²) in [5.41, 5.74) is 6.96. The molecule has 37 heavy (non-hydrogen) atoms. The van der Waals surface area contributed by atoms with Gasteiger partial charge in [-0.2, -0.15) is 0 Å². The number of aryl methyl sites for hydroxylation is 1. The molecular weight excluding hydrogens is 460 g/mol. The Morgan fingerprint density at radius 3 is 1.86 bits per heavy atom. The first-order chi connectivity index (χ1) is 18.1. The first kappa shape index (κ1) is 23.8. The summed E-state index contributed by atoms with van der Waals surface area (Å²) in [5.74, 6) is -0.194. The van der Waals surface area contributed by atoms with E-state index in [2.05, 4.69) is 27.8 Å². The maximum atomic E-state index is 13.3. The second-order valence-corrected chi connectivity index (χ2v) is 8.53. The van der Waals surface area contributed by atoms with Gasteiger partial charge < -0.3 is 15.4 Å². The highest BCUT2D eigenvalue weighted by Gasteiger charge is 2.25. The Bertz CT molecular complexity index is 1520. The summed E-state index contributed by atoms with van der Waals surface area (Å²) in [6.45, 7) is 2.05. The minimum atomic E-state index is -0.502. The zero-order valence-corrected chi connectivity index (χ0v) is 20.6. The van der Waals surface area contributed by atoms with E-state index in [-0.39, 0.29) is 0 Å². The Morgan fingerprint density at radius 1 is 0.676 bits per heavy atom. The highest BCUT2D eigenvalue weighted by molar-refractivity contribution is 6.06. The molecule has 1 heterocycles. The molecular formula is C31H26N4O2. The lowest BCUT2D eigenvalue weighted by Crippen LogP contribution is -2.13. The van der Waals surface area contributed by atoms with E-state index in [0.717, 1.165) is 28.2 Å². The third kappa shape index (κ3) is 5.18. The number of nitrogens with one attached hydrogen (secondary N) is 2. The van der Waals surface area contributed by atoms with Crippen molar-refractivity contribution in [2.45, 2.75) is 6.92 Å². The maximum absolute atomic E-state index is 13.3. The number of esters is 1. The fraction of sp³-hybridized carbons (Fsp3) is 0.0645. The highest BCUT2D eigenvalue weighted by Crippen LogP contribution is 2.38. The number of para-hydroxylation sites is 2. The summed E-state index contributed by atoms with van der Waals surface area (Å²) in [4.78, 5) is 13.3. The summed E-state index contributed by atoms with van der Waals surface area (Å²) in [6.07, 6.45) is 0. The molecule has 2 N–H and O–H groups in total. The van der Waals surface area contributed by atoms with Crippen LogP contribution in [0.1, 0.15) is 15.9 Å². The number of anilines is 4. The molecule has 0 atom stereocenters. The third-order valence-corrected chi connectivity index (χ3v) is 5.98. The largest absolute Gasteiger partial charge is 0.465 e. The van der Waals surface area contributed by atoms with Crippen LogP contribution >= 0.6 is 0 Å². The topological polar surface area (TPSA) is 76.1 Å². The third-order valence-electron chi connectivity index (χ3n) is 5.98. The minimum absolute atomic E-state index is 0.309. The summed E-state index contributed by atoms with van der Waals surface area (Å²) in [6, 6.07) is 35.3. The number of methoxy groups -OCH3 is 1. The van der Waals surface area contributed by atoms with Crippen LogP contribution < -0.4 is 10.6 Å². The van der Waals surface area contributed by atoms with Gasteiger partial charge in [0.2, 0.25) is 0 Å². The number of carbonyl (C=O) groups excluding carboxylic acids is 1. The summed E-state index contributed by atoms with van der Waals surface area (Å²) >= 11 is 0. The second kappa shape index (κ2) is 10.7. The van der Waals surface area contributed by atoms with Gasteiger partial charge in [-0.05, 0) is 36.8 Å². The average molecular weight is 487 g/mol. The Balaban J connectivity index is 1.65. The maximum Gasteiger partial charge on any atom is 0.342 e. The SMILES string of the molecule is COC(=O)c1c(Nc2ccccc2Nc2ccc(C)cc2)nnc(-c2ccccc2)c1-c1ccccc1. The zero-order chi connectivity index (χ0) is 25.6. The molecule has 4 aromatic carbocycles. The molecule has 0 aliphatic rings. The molecule has 0 amide bonds. The van der Waals surface area contributed by atoms with Crippen molar-refractivity contribution in [1.29, 1.82) is 0 Å². The number of benzene rings is 4. The van der Waals surface area contributed by atoms with Gasteiger partial charge in [0.1, 0.15) is 11.3 Å². The van der Waals surface area contributed by atoms with E-state index in [4.69, 9.17) is 4.74 Å². The van der Waals surface area contributed by atoms with Crippen LogP contribution in [0.15, 0.2) is 109 Å². The van der Waals surface area contributed by atoms with Crippen LogP contribution in [0, 0.1) is 6.92 Å². The summed E-state index contributed by atoms with van der Waals surface area (Å²) < 4.78 is 5.24. The van der Waals surface area contributed by atoms with Crippen LogP contribution in [0.4, 0.5) is 22.9 Å². The van der Waals surface area contributed by atoms with Gasteiger partial charge in [-0.25, -0.2) is 4.79 Å². The van der Waals surface area contributed by atoms with E-state index in [0.29, 0.717) is 22.6 Å². The van der Waals surface area contributed by atoms with Crippen LogP contribution in [0.2, 0.25) is 0 Å². The molecule has 0 radical (unpaired) electrons. The lowest BCUT2D eigenvalue weighted by atomic mass is 9.95. The van der Waals surface area contributed by atoms with Gasteiger partial charge in [0, 0.05) is 16.8 Å². The van der Waals surface area contributed by atoms with Gasteiger partial charge in [-0.3, -0.25) is 0 Å². The highest BCUT2D eigenvalue weighted by atomic mass is 16.5. The van der Waals surface area contributed by atoms with E-state index in [1.54, 1.807) is 0 Å². The molecule has 1 aromatic heterocycles. The van der Waals surface area contributed by atoms with E-state index in [1.165, 1.54) is 12.7 Å². The van der Waals surface area contributed by atoms with Crippen LogP contribution in [-0.4, -0.2) is 23.3 Å². The fourth-order valence-electron chi connectivity index (χ4n) is 4.13. The molecule has 0 unspecified atom stereocenters. The predicted octanol–water partition coefficient (Wildman–Crippen LogP) is 7.39. The van der Waals surface area contributed by atoms with Crippen molar-refractivity contribution in [2.24, 2.45) is 0 Å². The molecule has 6 heteroatoms. The Kier molecular flexibility index (Phi) is 6.90. The van der Waals surface area contributed by atoms with E-state index >= 15 is 0 Å². The molecule has 182 valence electrons. The summed E-state index contributed by atoms with van der Waals surface area (Å²) in [7, 11) is 1.37. The molecule has 6 nitrogen and oxygen atoms in total. The number of ether oxygens (including phenoxy) is 1. The number of nitrogens with zero attached hydrogens (tertiary/aromatic N) is 2. The first-order valence-electron chi connectivity index (χ1n) is 11.9. The van der Waals surface area contributed by atoms with Gasteiger partial charge in [0.15, 0.2) is 5.82 Å². The molecule has 0 saturated heterocycles. The van der Waals surface area contributed by atoms with Crippen molar-refractivity contribution >= 4 is 28.8 Å². The standard InChI is InChI=1S/C31H26N4O2/c1-21-17-19-24(20-18-21)32-25-15-9-10-16-26(25)33-30-28(31(36)37-2)27(22-11-5-3-6-12-22)29(34-35-30)23-13-7-4-8-14-23/h3-20,32H,1-2H3,(H,33,35). The molecule has 0 saturated carbocycles. The average Bonchev–Trinajstić information content (AvgIpc) is 2.95. The van der Waals surface area contributed by atoms with Gasteiger partial charge >= 0.3 is 5.97 Å². The van der Waals surface area contributed by atoms with Crippen molar-refractivity contribution in [2.75, 3.05) is 17.7 Å². The smallest absolute Gasteiger partial charge is 0.342 e. The van der Waals surface area contributed by atoms with Gasteiger partial charge in [0.25, 0.3) is 0 Å². The van der Waals surface area contributed by atoms with Crippen LogP contribution in [0.3, 0.4) is 0 Å². The van der Waals surface area contributed by atoms with Crippen LogP contribution in [0.5, 0.6) is 0 Å². The molecule has 5 aromatic rings. The lowest BCUT2D eigenvalue weighted by Gasteiger charge is -2.18. The van der Waals surface area contributed by atoms with Crippen molar-refractivity contribution < 1.29 is 9.53 Å². The number of aromatic nitrogens is 2. The molecule has 0 bridgehead atoms. The first-order valence-corrected chi connectivity index (χ1v) is 11.9. The van der Waals surface area contributed by atoms with Crippen LogP contribution in [-0.2, 0) is 4.74 Å². The van der Waals surface area contributed by atoms with E-state index in [9.17, 15) is 4.79 Å². The molecule has 0 aliphatic carbocycles. The number of carbonyl (C=O) groups is 1. The molecule has 0 fully saturated rings.